The SMILES string of the molecule is Fc1ccc(OCC2CCCNC2)cc1.[Cl-]. The van der Waals surface area contributed by atoms with E-state index in [9.17, 15) is 4.39 Å². The molecular formula is C12H16ClFNO-. The van der Waals surface area contributed by atoms with Crippen molar-refractivity contribution in [3.8, 4) is 5.75 Å². The molecule has 1 unspecified atom stereocenters. The minimum absolute atomic E-state index is 0. The molecule has 2 nitrogen and oxygen atoms in total. The molecule has 0 aliphatic carbocycles. The second-order valence-electron chi connectivity index (χ2n) is 3.98. The van der Waals surface area contributed by atoms with Crippen LogP contribution in [0.2, 0.25) is 0 Å². The third-order valence-electron chi connectivity index (χ3n) is 2.70. The van der Waals surface area contributed by atoms with Crippen LogP contribution >= 0.6 is 0 Å². The van der Waals surface area contributed by atoms with Crippen LogP contribution in [0.25, 0.3) is 0 Å². The fourth-order valence-corrected chi connectivity index (χ4v) is 1.81. The first-order chi connectivity index (χ1) is 7.34. The van der Waals surface area contributed by atoms with Crippen LogP contribution < -0.4 is 22.5 Å². The first-order valence-corrected chi connectivity index (χ1v) is 5.44. The molecule has 1 fully saturated rings. The third-order valence-corrected chi connectivity index (χ3v) is 2.70. The molecule has 0 radical (unpaired) electrons. The Balaban J connectivity index is 0.00000128. The third kappa shape index (κ3) is 3.99. The predicted octanol–water partition coefficient (Wildman–Crippen LogP) is -0.792. The van der Waals surface area contributed by atoms with Gasteiger partial charge in [0.2, 0.25) is 0 Å². The standard InChI is InChI=1S/C12H16FNO.ClH/c13-11-3-5-12(6-4-11)15-9-10-2-1-7-14-8-10;/h3-6,10,14H,1-2,7-9H2;1H/p-1. The molecule has 1 N–H and O–H groups in total. The first kappa shape index (κ1) is 13.3. The van der Waals surface area contributed by atoms with Crippen molar-refractivity contribution in [2.45, 2.75) is 12.8 Å². The number of halogens is 2. The summed E-state index contributed by atoms with van der Waals surface area (Å²) in [4.78, 5) is 0. The van der Waals surface area contributed by atoms with Crippen molar-refractivity contribution < 1.29 is 21.5 Å². The zero-order valence-electron chi connectivity index (χ0n) is 9.09. The van der Waals surface area contributed by atoms with Gasteiger partial charge in [0.15, 0.2) is 0 Å². The van der Waals surface area contributed by atoms with Gasteiger partial charge in [-0.25, -0.2) is 4.39 Å². The van der Waals surface area contributed by atoms with Crippen LogP contribution in [0, 0.1) is 11.7 Å². The van der Waals surface area contributed by atoms with E-state index in [-0.39, 0.29) is 18.2 Å². The molecule has 0 aromatic heterocycles. The first-order valence-electron chi connectivity index (χ1n) is 5.44. The predicted molar refractivity (Wildman–Crippen MR) is 57.5 cm³/mol. The van der Waals surface area contributed by atoms with Gasteiger partial charge in [0, 0.05) is 12.5 Å². The molecule has 4 heteroatoms. The van der Waals surface area contributed by atoms with E-state index in [0.29, 0.717) is 5.92 Å². The van der Waals surface area contributed by atoms with Crippen molar-refractivity contribution in [3.63, 3.8) is 0 Å². The number of piperidine rings is 1. The largest absolute Gasteiger partial charge is 1.00 e. The normalized spacial score (nSPS) is 19.9. The van der Waals surface area contributed by atoms with E-state index in [0.717, 1.165) is 25.4 Å². The summed E-state index contributed by atoms with van der Waals surface area (Å²) in [6.45, 7) is 2.87. The van der Waals surface area contributed by atoms with Gasteiger partial charge in [-0.15, -0.1) is 0 Å². The Morgan fingerprint density at radius 3 is 2.69 bits per heavy atom. The van der Waals surface area contributed by atoms with Crippen LogP contribution in [0.15, 0.2) is 24.3 Å². The number of hydrogen-bond acceptors (Lipinski definition) is 2. The van der Waals surface area contributed by atoms with Gasteiger partial charge in [-0.1, -0.05) is 0 Å². The Labute approximate surface area is 102 Å². The highest BCUT2D eigenvalue weighted by Crippen LogP contribution is 2.15. The zero-order chi connectivity index (χ0) is 10.5. The minimum atomic E-state index is -0.221. The van der Waals surface area contributed by atoms with Crippen LogP contribution in [-0.2, 0) is 0 Å². The van der Waals surface area contributed by atoms with Crippen molar-refractivity contribution in [2.75, 3.05) is 19.7 Å². The zero-order valence-corrected chi connectivity index (χ0v) is 9.84. The van der Waals surface area contributed by atoms with Crippen LogP contribution in [0.3, 0.4) is 0 Å². The maximum Gasteiger partial charge on any atom is 0.123 e. The van der Waals surface area contributed by atoms with Gasteiger partial charge in [-0.2, -0.15) is 0 Å². The van der Waals surface area contributed by atoms with Crippen molar-refractivity contribution in [2.24, 2.45) is 5.92 Å². The lowest BCUT2D eigenvalue weighted by atomic mass is 10.0. The highest BCUT2D eigenvalue weighted by atomic mass is 35.5. The van der Waals surface area contributed by atoms with Crippen molar-refractivity contribution in [3.05, 3.63) is 30.1 Å². The minimum Gasteiger partial charge on any atom is -1.00 e. The van der Waals surface area contributed by atoms with E-state index < -0.39 is 0 Å². The van der Waals surface area contributed by atoms with Crippen LogP contribution in [-0.4, -0.2) is 19.7 Å². The average Bonchev–Trinajstić information content (AvgIpc) is 2.30. The summed E-state index contributed by atoms with van der Waals surface area (Å²) in [6.07, 6.45) is 2.44. The molecular weight excluding hydrogens is 229 g/mol. The smallest absolute Gasteiger partial charge is 0.123 e. The van der Waals surface area contributed by atoms with Crippen LogP contribution in [0.5, 0.6) is 5.75 Å². The van der Waals surface area contributed by atoms with Gasteiger partial charge < -0.3 is 22.5 Å². The quantitative estimate of drug-likeness (QED) is 0.753. The number of rotatable bonds is 3. The molecule has 0 spiro atoms. The molecule has 16 heavy (non-hydrogen) atoms. The lowest BCUT2D eigenvalue weighted by Crippen LogP contribution is -3.00. The summed E-state index contributed by atoms with van der Waals surface area (Å²) in [5.41, 5.74) is 0. The molecule has 1 saturated heterocycles. The molecule has 1 aliphatic heterocycles. The second-order valence-corrected chi connectivity index (χ2v) is 3.98. The Morgan fingerprint density at radius 2 is 2.06 bits per heavy atom. The van der Waals surface area contributed by atoms with E-state index in [2.05, 4.69) is 5.32 Å². The summed E-state index contributed by atoms with van der Waals surface area (Å²) < 4.78 is 18.2. The van der Waals surface area contributed by atoms with Gasteiger partial charge >= 0.3 is 0 Å². The molecule has 0 bridgehead atoms. The topological polar surface area (TPSA) is 21.3 Å². The molecule has 1 aliphatic rings. The summed E-state index contributed by atoms with van der Waals surface area (Å²) in [7, 11) is 0. The van der Waals surface area contributed by atoms with Gasteiger partial charge in [-0.3, -0.25) is 0 Å². The number of nitrogens with one attached hydrogen (secondary N) is 1. The molecule has 1 aromatic rings. The van der Waals surface area contributed by atoms with Crippen molar-refractivity contribution >= 4 is 0 Å². The second kappa shape index (κ2) is 6.71. The molecule has 90 valence electrons. The Kier molecular flexibility index (Phi) is 5.56. The Bertz CT molecular complexity index is 298. The van der Waals surface area contributed by atoms with E-state index in [1.165, 1.54) is 25.0 Å². The average molecular weight is 245 g/mol. The monoisotopic (exact) mass is 244 g/mol. The highest BCUT2D eigenvalue weighted by molar-refractivity contribution is 5.22. The lowest BCUT2D eigenvalue weighted by Gasteiger charge is -2.22. The number of benzene rings is 1. The summed E-state index contributed by atoms with van der Waals surface area (Å²) in [6, 6.07) is 6.19. The Hall–Kier alpha value is -0.800. The van der Waals surface area contributed by atoms with Gasteiger partial charge in [-0.05, 0) is 43.7 Å². The van der Waals surface area contributed by atoms with Gasteiger partial charge in [0.05, 0.1) is 6.61 Å². The molecule has 0 saturated carbocycles. The van der Waals surface area contributed by atoms with Gasteiger partial charge in [0.1, 0.15) is 11.6 Å². The van der Waals surface area contributed by atoms with Crippen LogP contribution in [0.1, 0.15) is 12.8 Å². The lowest BCUT2D eigenvalue weighted by molar-refractivity contribution is -0.00000414. The molecule has 2 rings (SSSR count). The Morgan fingerprint density at radius 1 is 1.31 bits per heavy atom. The van der Waals surface area contributed by atoms with Gasteiger partial charge in [0.25, 0.3) is 0 Å². The molecule has 1 aromatic carbocycles. The fraction of sp³-hybridized carbons (Fsp3) is 0.500. The number of ether oxygens (including phenoxy) is 1. The highest BCUT2D eigenvalue weighted by Gasteiger charge is 2.13. The molecule has 1 atom stereocenters. The fourth-order valence-electron chi connectivity index (χ4n) is 1.81. The van der Waals surface area contributed by atoms with E-state index in [1.807, 2.05) is 0 Å². The maximum absolute atomic E-state index is 12.6. The summed E-state index contributed by atoms with van der Waals surface area (Å²) in [5, 5.41) is 3.34. The van der Waals surface area contributed by atoms with Crippen LogP contribution in [0.4, 0.5) is 4.39 Å². The summed E-state index contributed by atoms with van der Waals surface area (Å²) >= 11 is 0. The van der Waals surface area contributed by atoms with E-state index in [4.69, 9.17) is 4.74 Å². The maximum atomic E-state index is 12.6. The molecule has 1 heterocycles. The van der Waals surface area contributed by atoms with Crippen molar-refractivity contribution in [1.82, 2.24) is 5.32 Å². The number of hydrogen-bond donors (Lipinski definition) is 1. The van der Waals surface area contributed by atoms with E-state index in [1.54, 1.807) is 12.1 Å². The van der Waals surface area contributed by atoms with Crippen molar-refractivity contribution in [1.29, 1.82) is 0 Å². The summed E-state index contributed by atoms with van der Waals surface area (Å²) in [5.74, 6) is 1.12. The molecule has 0 amide bonds. The van der Waals surface area contributed by atoms with E-state index >= 15 is 0 Å².